The molecule has 0 saturated heterocycles. The highest BCUT2D eigenvalue weighted by Gasteiger charge is 2.10. The first-order valence-corrected chi connectivity index (χ1v) is 6.21. The predicted molar refractivity (Wildman–Crippen MR) is 71.5 cm³/mol. The second kappa shape index (κ2) is 7.63. The maximum atomic E-state index is 11.5. The molecule has 0 fully saturated rings. The number of aliphatic carboxylic acids is 1. The van der Waals surface area contributed by atoms with E-state index in [9.17, 15) is 9.59 Å². The van der Waals surface area contributed by atoms with Gasteiger partial charge in [-0.15, -0.1) is 0 Å². The first-order valence-electron chi connectivity index (χ1n) is 5.83. The van der Waals surface area contributed by atoms with Crippen molar-refractivity contribution in [2.75, 3.05) is 20.2 Å². The lowest BCUT2D eigenvalue weighted by molar-refractivity contribution is -0.140. The number of carboxylic acids is 1. The Hall–Kier alpha value is -1.75. The van der Waals surface area contributed by atoms with Crippen LogP contribution >= 0.6 is 11.6 Å². The van der Waals surface area contributed by atoms with Crippen LogP contribution in [-0.4, -0.2) is 42.1 Å². The lowest BCUT2D eigenvalue weighted by Gasteiger charge is -2.17. The van der Waals surface area contributed by atoms with Crippen LogP contribution in [0.15, 0.2) is 24.3 Å². The van der Waals surface area contributed by atoms with Crippen molar-refractivity contribution in [1.82, 2.24) is 4.90 Å². The molecule has 0 saturated carbocycles. The largest absolute Gasteiger partial charge is 0.492 e. The number of ether oxygens (including phenoxy) is 1. The smallest absolute Gasteiger partial charge is 0.303 e. The summed E-state index contributed by atoms with van der Waals surface area (Å²) < 4.78 is 5.44. The van der Waals surface area contributed by atoms with E-state index in [2.05, 4.69) is 0 Å². The normalized spacial score (nSPS) is 10.0. The Morgan fingerprint density at radius 3 is 2.74 bits per heavy atom. The molecular weight excluding hydrogens is 270 g/mol. The van der Waals surface area contributed by atoms with Gasteiger partial charge in [-0.25, -0.2) is 0 Å². The van der Waals surface area contributed by atoms with Crippen LogP contribution in [0.4, 0.5) is 0 Å². The monoisotopic (exact) mass is 285 g/mol. The fourth-order valence-corrected chi connectivity index (χ4v) is 1.57. The van der Waals surface area contributed by atoms with Crippen molar-refractivity contribution in [3.8, 4) is 5.75 Å². The van der Waals surface area contributed by atoms with Crippen molar-refractivity contribution in [2.24, 2.45) is 0 Å². The van der Waals surface area contributed by atoms with Gasteiger partial charge < -0.3 is 14.7 Å². The lowest BCUT2D eigenvalue weighted by Crippen LogP contribution is -2.31. The first-order chi connectivity index (χ1) is 8.99. The van der Waals surface area contributed by atoms with Gasteiger partial charge in [0.2, 0.25) is 5.91 Å². The molecule has 0 aliphatic heterocycles. The van der Waals surface area contributed by atoms with Crippen LogP contribution in [0.25, 0.3) is 0 Å². The first kappa shape index (κ1) is 15.3. The van der Waals surface area contributed by atoms with Crippen LogP contribution in [-0.2, 0) is 9.59 Å². The Labute approximate surface area is 116 Å². The van der Waals surface area contributed by atoms with Crippen LogP contribution in [0.1, 0.15) is 12.8 Å². The fraction of sp³-hybridized carbons (Fsp3) is 0.385. The van der Waals surface area contributed by atoms with Gasteiger partial charge in [0.05, 0.1) is 13.0 Å². The quantitative estimate of drug-likeness (QED) is 0.832. The van der Waals surface area contributed by atoms with E-state index >= 15 is 0 Å². The second-order valence-corrected chi connectivity index (χ2v) is 4.45. The molecule has 0 atom stereocenters. The molecule has 1 aromatic rings. The minimum absolute atomic E-state index is 0.00297. The highest BCUT2D eigenvalue weighted by atomic mass is 35.5. The Balaban J connectivity index is 2.28. The molecule has 1 aromatic carbocycles. The summed E-state index contributed by atoms with van der Waals surface area (Å²) in [5, 5.41) is 9.07. The molecule has 19 heavy (non-hydrogen) atoms. The molecule has 5 nitrogen and oxygen atoms in total. The average Bonchev–Trinajstić information content (AvgIpc) is 2.35. The van der Waals surface area contributed by atoms with Crippen LogP contribution in [0.5, 0.6) is 5.75 Å². The van der Waals surface area contributed by atoms with Gasteiger partial charge >= 0.3 is 5.97 Å². The number of carbonyl (C=O) groups is 2. The summed E-state index contributed by atoms with van der Waals surface area (Å²) in [6, 6.07) is 6.99. The number of benzene rings is 1. The molecule has 0 radical (unpaired) electrons. The number of carboxylic acid groups (broad SMARTS) is 1. The molecule has 1 rings (SSSR count). The number of hydrogen-bond donors (Lipinski definition) is 1. The average molecular weight is 286 g/mol. The van der Waals surface area contributed by atoms with Crippen LogP contribution in [0.3, 0.4) is 0 Å². The predicted octanol–water partition coefficient (Wildman–Crippen LogP) is 2.04. The van der Waals surface area contributed by atoms with Gasteiger partial charge in [-0.3, -0.25) is 9.59 Å². The SMILES string of the molecule is CN(CCOc1cccc(Cl)c1)C(=O)CCC(=O)O. The molecular formula is C13H16ClNO4. The van der Waals surface area contributed by atoms with Gasteiger partial charge in [-0.05, 0) is 18.2 Å². The number of hydrogen-bond acceptors (Lipinski definition) is 3. The zero-order valence-electron chi connectivity index (χ0n) is 10.6. The van der Waals surface area contributed by atoms with E-state index in [0.717, 1.165) is 0 Å². The van der Waals surface area contributed by atoms with Gasteiger partial charge in [-0.2, -0.15) is 0 Å². The van der Waals surface area contributed by atoms with Gasteiger partial charge in [0.15, 0.2) is 0 Å². The van der Waals surface area contributed by atoms with E-state index in [4.69, 9.17) is 21.4 Å². The van der Waals surface area contributed by atoms with Crippen molar-refractivity contribution in [3.05, 3.63) is 29.3 Å². The molecule has 0 bridgehead atoms. The molecule has 0 spiro atoms. The standard InChI is InChI=1S/C13H16ClNO4/c1-15(12(16)5-6-13(17)18)7-8-19-11-4-2-3-10(14)9-11/h2-4,9H,5-8H2,1H3,(H,17,18). The summed E-state index contributed by atoms with van der Waals surface area (Å²) in [6.07, 6.45) is -0.151. The fourth-order valence-electron chi connectivity index (χ4n) is 1.39. The van der Waals surface area contributed by atoms with Crippen LogP contribution < -0.4 is 4.74 Å². The number of carbonyl (C=O) groups excluding carboxylic acids is 1. The number of amides is 1. The Bertz CT molecular complexity index is 450. The van der Waals surface area contributed by atoms with Gasteiger partial charge in [0.25, 0.3) is 0 Å². The van der Waals surface area contributed by atoms with Crippen molar-refractivity contribution in [1.29, 1.82) is 0 Å². The van der Waals surface area contributed by atoms with Crippen LogP contribution in [0, 0.1) is 0 Å². The molecule has 0 aliphatic rings. The number of halogens is 1. The van der Waals surface area contributed by atoms with Crippen LogP contribution in [0.2, 0.25) is 5.02 Å². The van der Waals surface area contributed by atoms with E-state index in [1.54, 1.807) is 31.3 Å². The summed E-state index contributed by atoms with van der Waals surface area (Å²) in [7, 11) is 1.62. The zero-order valence-corrected chi connectivity index (χ0v) is 11.4. The molecule has 0 aliphatic carbocycles. The molecule has 1 amide bonds. The van der Waals surface area contributed by atoms with E-state index in [1.165, 1.54) is 4.90 Å². The van der Waals surface area contributed by atoms with Gasteiger partial charge in [-0.1, -0.05) is 17.7 Å². The summed E-state index contributed by atoms with van der Waals surface area (Å²) >= 11 is 5.81. The number of nitrogens with zero attached hydrogens (tertiary/aromatic N) is 1. The molecule has 0 heterocycles. The van der Waals surface area contributed by atoms with Crippen molar-refractivity contribution in [2.45, 2.75) is 12.8 Å². The van der Waals surface area contributed by atoms with Gasteiger partial charge in [0, 0.05) is 18.5 Å². The zero-order chi connectivity index (χ0) is 14.3. The summed E-state index contributed by atoms with van der Waals surface area (Å²) in [5.74, 6) is -0.548. The second-order valence-electron chi connectivity index (χ2n) is 4.01. The molecule has 0 unspecified atom stereocenters. The van der Waals surface area contributed by atoms with E-state index in [-0.39, 0.29) is 18.7 Å². The number of likely N-dealkylation sites (N-methyl/N-ethyl adjacent to an activating group) is 1. The molecule has 104 valence electrons. The Kier molecular flexibility index (Phi) is 6.15. The Morgan fingerprint density at radius 2 is 2.11 bits per heavy atom. The topological polar surface area (TPSA) is 66.8 Å². The third-order valence-electron chi connectivity index (χ3n) is 2.47. The number of rotatable bonds is 7. The third kappa shape index (κ3) is 6.10. The highest BCUT2D eigenvalue weighted by Crippen LogP contribution is 2.16. The molecule has 6 heteroatoms. The minimum atomic E-state index is -0.975. The van der Waals surface area contributed by atoms with Crippen molar-refractivity contribution < 1.29 is 19.4 Å². The summed E-state index contributed by atoms with van der Waals surface area (Å²) in [6.45, 7) is 0.723. The van der Waals surface area contributed by atoms with Crippen molar-refractivity contribution in [3.63, 3.8) is 0 Å². The summed E-state index contributed by atoms with van der Waals surface area (Å²) in [4.78, 5) is 23.3. The van der Waals surface area contributed by atoms with Crippen molar-refractivity contribution >= 4 is 23.5 Å². The molecule has 1 N–H and O–H groups in total. The third-order valence-corrected chi connectivity index (χ3v) is 2.71. The van der Waals surface area contributed by atoms with Gasteiger partial charge in [0.1, 0.15) is 12.4 Å². The van der Waals surface area contributed by atoms with E-state index in [1.807, 2.05) is 0 Å². The Morgan fingerprint density at radius 1 is 1.37 bits per heavy atom. The summed E-state index contributed by atoms with van der Waals surface area (Å²) in [5.41, 5.74) is 0. The van der Waals surface area contributed by atoms with E-state index < -0.39 is 5.97 Å². The highest BCUT2D eigenvalue weighted by molar-refractivity contribution is 6.30. The maximum Gasteiger partial charge on any atom is 0.303 e. The molecule has 0 aromatic heterocycles. The van der Waals surface area contributed by atoms with E-state index in [0.29, 0.717) is 23.9 Å². The minimum Gasteiger partial charge on any atom is -0.492 e. The lowest BCUT2D eigenvalue weighted by atomic mass is 10.3. The maximum absolute atomic E-state index is 11.5.